The van der Waals surface area contributed by atoms with Gasteiger partial charge in [-0.3, -0.25) is 14.8 Å². The number of rotatable bonds is 7. The van der Waals surface area contributed by atoms with E-state index in [9.17, 15) is 4.79 Å². The maximum atomic E-state index is 13.0. The lowest BCUT2D eigenvalue weighted by Gasteiger charge is -2.12. The Morgan fingerprint density at radius 1 is 0.743 bits per heavy atom. The number of fused-ring (bicyclic) bond motifs is 1. The summed E-state index contributed by atoms with van der Waals surface area (Å²) in [5.74, 6) is 0.746. The third-order valence-corrected chi connectivity index (χ3v) is 5.69. The summed E-state index contributed by atoms with van der Waals surface area (Å²) in [5.41, 5.74) is 6.73. The summed E-state index contributed by atoms with van der Waals surface area (Å²) in [6, 6.07) is 26.6. The number of nitrogens with one attached hydrogen (secondary N) is 2. The zero-order valence-corrected chi connectivity index (χ0v) is 19.4. The molecular weight excluding hydrogens is 436 g/mol. The molecule has 0 aliphatic rings. The van der Waals surface area contributed by atoms with Crippen molar-refractivity contribution in [1.82, 2.24) is 9.97 Å². The molecule has 0 atom stereocenters. The summed E-state index contributed by atoms with van der Waals surface area (Å²) in [6.07, 6.45) is 3.46. The Bertz CT molecular complexity index is 1480. The fraction of sp³-hybridized carbons (Fsp3) is 0.0690. The molecule has 0 fully saturated rings. The third-order valence-electron chi connectivity index (χ3n) is 5.69. The van der Waals surface area contributed by atoms with Gasteiger partial charge in [-0.25, -0.2) is 0 Å². The van der Waals surface area contributed by atoms with E-state index < -0.39 is 0 Å². The van der Waals surface area contributed by atoms with Crippen molar-refractivity contribution in [2.75, 3.05) is 17.7 Å². The number of anilines is 4. The molecule has 0 amide bonds. The zero-order valence-electron chi connectivity index (χ0n) is 19.4. The Morgan fingerprint density at radius 2 is 1.34 bits per heavy atom. The summed E-state index contributed by atoms with van der Waals surface area (Å²) < 4.78 is 5.38. The summed E-state index contributed by atoms with van der Waals surface area (Å²) in [4.78, 5) is 21.6. The second-order valence-electron chi connectivity index (χ2n) is 8.16. The topological polar surface area (TPSA) is 76.1 Å². The van der Waals surface area contributed by atoms with Crippen LogP contribution in [0.4, 0.5) is 22.7 Å². The Labute approximate surface area is 203 Å². The third kappa shape index (κ3) is 4.96. The number of nitrogens with zero attached hydrogens (tertiary/aromatic N) is 2. The predicted molar refractivity (Wildman–Crippen MR) is 140 cm³/mol. The number of ether oxygens (including phenoxy) is 1. The standard InChI is InChI=1S/C29H24N4O2/c1-19-17-28(26-18-25(35-2)11-12-27(26)31-19)33-23-9-5-21(6-10-23)29(34)20-3-7-22(8-4-20)32-24-13-15-30-16-14-24/h3-18H,1-2H3,(H,30,32)(H,31,33). The Balaban J connectivity index is 1.32. The fourth-order valence-corrected chi connectivity index (χ4v) is 3.90. The molecule has 172 valence electrons. The van der Waals surface area contributed by atoms with Gasteiger partial charge >= 0.3 is 0 Å². The van der Waals surface area contributed by atoms with Crippen LogP contribution in [0.2, 0.25) is 0 Å². The van der Waals surface area contributed by atoms with Crippen molar-refractivity contribution in [3.05, 3.63) is 114 Å². The lowest BCUT2D eigenvalue weighted by Crippen LogP contribution is -2.02. The largest absolute Gasteiger partial charge is 0.497 e. The van der Waals surface area contributed by atoms with Gasteiger partial charge < -0.3 is 15.4 Å². The molecule has 6 nitrogen and oxygen atoms in total. The van der Waals surface area contributed by atoms with Crippen LogP contribution >= 0.6 is 0 Å². The van der Waals surface area contributed by atoms with Crippen LogP contribution in [0.5, 0.6) is 5.75 Å². The highest BCUT2D eigenvalue weighted by atomic mass is 16.5. The van der Waals surface area contributed by atoms with Crippen molar-refractivity contribution in [3.63, 3.8) is 0 Å². The van der Waals surface area contributed by atoms with Crippen LogP contribution in [0.3, 0.4) is 0 Å². The highest BCUT2D eigenvalue weighted by Crippen LogP contribution is 2.30. The van der Waals surface area contributed by atoms with E-state index >= 15 is 0 Å². The number of hydrogen-bond acceptors (Lipinski definition) is 6. The molecule has 0 bridgehead atoms. The summed E-state index contributed by atoms with van der Waals surface area (Å²) >= 11 is 0. The highest BCUT2D eigenvalue weighted by molar-refractivity contribution is 6.09. The van der Waals surface area contributed by atoms with Crippen LogP contribution in [0.25, 0.3) is 10.9 Å². The van der Waals surface area contributed by atoms with Crippen molar-refractivity contribution in [1.29, 1.82) is 0 Å². The molecule has 0 radical (unpaired) electrons. The van der Waals surface area contributed by atoms with Crippen LogP contribution in [-0.4, -0.2) is 22.9 Å². The molecule has 5 rings (SSSR count). The average Bonchev–Trinajstić information content (AvgIpc) is 2.89. The monoisotopic (exact) mass is 460 g/mol. The minimum Gasteiger partial charge on any atom is -0.497 e. The van der Waals surface area contributed by atoms with Crippen molar-refractivity contribution in [3.8, 4) is 5.75 Å². The van der Waals surface area contributed by atoms with Crippen LogP contribution < -0.4 is 15.4 Å². The Kier molecular flexibility index (Phi) is 6.09. The lowest BCUT2D eigenvalue weighted by molar-refractivity contribution is 0.103. The van der Waals surface area contributed by atoms with E-state index in [1.165, 1.54) is 0 Å². The first-order valence-electron chi connectivity index (χ1n) is 11.2. The van der Waals surface area contributed by atoms with E-state index in [1.54, 1.807) is 19.5 Å². The van der Waals surface area contributed by atoms with E-state index in [1.807, 2.05) is 91.9 Å². The normalized spacial score (nSPS) is 10.7. The molecule has 0 aliphatic heterocycles. The Hall–Kier alpha value is -4.71. The van der Waals surface area contributed by atoms with E-state index in [0.717, 1.165) is 45.1 Å². The van der Waals surface area contributed by atoms with Crippen LogP contribution in [-0.2, 0) is 0 Å². The van der Waals surface area contributed by atoms with Crippen molar-refractivity contribution in [2.45, 2.75) is 6.92 Å². The van der Waals surface area contributed by atoms with E-state index in [0.29, 0.717) is 11.1 Å². The van der Waals surface area contributed by atoms with Gasteiger partial charge in [0.2, 0.25) is 0 Å². The molecule has 2 aromatic heterocycles. The lowest BCUT2D eigenvalue weighted by atomic mass is 10.0. The van der Waals surface area contributed by atoms with Gasteiger partial charge in [0.05, 0.1) is 12.6 Å². The number of methoxy groups -OCH3 is 1. The molecule has 3 aromatic carbocycles. The van der Waals surface area contributed by atoms with Crippen LogP contribution in [0.15, 0.2) is 97.3 Å². The van der Waals surface area contributed by atoms with Crippen molar-refractivity contribution < 1.29 is 9.53 Å². The quantitative estimate of drug-likeness (QED) is 0.264. The first-order valence-corrected chi connectivity index (χ1v) is 11.2. The maximum absolute atomic E-state index is 13.0. The molecule has 0 saturated heterocycles. The van der Waals surface area contributed by atoms with Crippen molar-refractivity contribution in [2.24, 2.45) is 0 Å². The average molecular weight is 461 g/mol. The second-order valence-corrected chi connectivity index (χ2v) is 8.16. The smallest absolute Gasteiger partial charge is 0.193 e. The molecule has 6 heteroatoms. The number of carbonyl (C=O) groups excluding carboxylic acids is 1. The predicted octanol–water partition coefficient (Wildman–Crippen LogP) is 6.67. The molecule has 0 aliphatic carbocycles. The van der Waals surface area contributed by atoms with Gasteiger partial charge in [0.1, 0.15) is 5.75 Å². The minimum absolute atomic E-state index is 0.0260. The number of pyridine rings is 2. The molecule has 2 heterocycles. The molecule has 5 aromatic rings. The minimum atomic E-state index is -0.0260. The number of ketones is 1. The van der Waals surface area contributed by atoms with Crippen LogP contribution in [0, 0.1) is 6.92 Å². The van der Waals surface area contributed by atoms with Gasteiger partial charge in [-0.05, 0) is 91.9 Å². The SMILES string of the molecule is COc1ccc2nc(C)cc(Nc3ccc(C(=O)c4ccc(Nc5ccncc5)cc4)cc3)c2c1. The summed E-state index contributed by atoms with van der Waals surface area (Å²) in [7, 11) is 1.65. The number of carbonyl (C=O) groups is 1. The molecule has 35 heavy (non-hydrogen) atoms. The van der Waals surface area contributed by atoms with E-state index in [-0.39, 0.29) is 5.78 Å². The van der Waals surface area contributed by atoms with Gasteiger partial charge in [0.25, 0.3) is 0 Å². The number of benzene rings is 3. The van der Waals surface area contributed by atoms with Gasteiger partial charge in [0.15, 0.2) is 5.78 Å². The molecule has 0 unspecified atom stereocenters. The van der Waals surface area contributed by atoms with Gasteiger partial charge in [-0.15, -0.1) is 0 Å². The molecular formula is C29H24N4O2. The molecule has 2 N–H and O–H groups in total. The van der Waals surface area contributed by atoms with Gasteiger partial charge in [-0.1, -0.05) is 0 Å². The van der Waals surface area contributed by atoms with Gasteiger partial charge in [-0.2, -0.15) is 0 Å². The fourth-order valence-electron chi connectivity index (χ4n) is 3.90. The number of hydrogen-bond donors (Lipinski definition) is 2. The zero-order chi connectivity index (χ0) is 24.2. The van der Waals surface area contributed by atoms with E-state index in [2.05, 4.69) is 20.6 Å². The molecule has 0 spiro atoms. The van der Waals surface area contributed by atoms with Gasteiger partial charge in [0, 0.05) is 57.4 Å². The number of aryl methyl sites for hydroxylation is 1. The number of aromatic nitrogens is 2. The Morgan fingerprint density at radius 3 is 1.97 bits per heavy atom. The maximum Gasteiger partial charge on any atom is 0.193 e. The van der Waals surface area contributed by atoms with Crippen LogP contribution in [0.1, 0.15) is 21.6 Å². The van der Waals surface area contributed by atoms with E-state index in [4.69, 9.17) is 4.74 Å². The molecule has 0 saturated carbocycles. The first-order chi connectivity index (χ1) is 17.1. The highest BCUT2D eigenvalue weighted by Gasteiger charge is 2.11. The van der Waals surface area contributed by atoms with Crippen molar-refractivity contribution >= 4 is 39.4 Å². The second kappa shape index (κ2) is 9.65. The first kappa shape index (κ1) is 22.1. The summed E-state index contributed by atoms with van der Waals surface area (Å²) in [5, 5.41) is 7.72. The summed E-state index contributed by atoms with van der Waals surface area (Å²) in [6.45, 7) is 1.97.